The summed E-state index contributed by atoms with van der Waals surface area (Å²) in [4.78, 5) is 30.9. The Kier molecular flexibility index (Phi) is 6.68. The minimum Gasteiger partial charge on any atom is -0.444 e. The number of carbonyl (C=O) groups excluding carboxylic acids is 2. The summed E-state index contributed by atoms with van der Waals surface area (Å²) in [5, 5.41) is 3.74. The Bertz CT molecular complexity index is 999. The molecule has 0 aromatic heterocycles. The van der Waals surface area contributed by atoms with E-state index in [1.54, 1.807) is 49.9 Å². The monoisotopic (exact) mass is 447 g/mol. The van der Waals surface area contributed by atoms with Crippen molar-refractivity contribution in [2.75, 3.05) is 24.5 Å². The number of halogens is 2. The van der Waals surface area contributed by atoms with Crippen molar-refractivity contribution in [2.24, 2.45) is 4.99 Å². The molecule has 0 spiro atoms. The fourth-order valence-electron chi connectivity index (χ4n) is 3.10. The first-order valence-electron chi connectivity index (χ1n) is 9.52. The van der Waals surface area contributed by atoms with Crippen LogP contribution < -0.4 is 10.2 Å². The van der Waals surface area contributed by atoms with E-state index < -0.39 is 11.7 Å². The van der Waals surface area contributed by atoms with Crippen LogP contribution >= 0.6 is 23.2 Å². The molecular weight excluding hydrogens is 425 g/mol. The molecule has 0 atom stereocenters. The summed E-state index contributed by atoms with van der Waals surface area (Å²) in [6.45, 7) is 5.82. The van der Waals surface area contributed by atoms with Crippen LogP contribution in [0.1, 0.15) is 31.9 Å². The van der Waals surface area contributed by atoms with Crippen molar-refractivity contribution < 1.29 is 14.3 Å². The third-order valence-electron chi connectivity index (χ3n) is 4.31. The minimum absolute atomic E-state index is 0.0424. The maximum atomic E-state index is 12.8. The van der Waals surface area contributed by atoms with Gasteiger partial charge in [-0.05, 0) is 45.0 Å². The van der Waals surface area contributed by atoms with E-state index in [2.05, 4.69) is 10.3 Å². The minimum atomic E-state index is -0.594. The largest absolute Gasteiger partial charge is 0.444 e. The lowest BCUT2D eigenvalue weighted by Crippen LogP contribution is -2.41. The van der Waals surface area contributed by atoms with Crippen molar-refractivity contribution in [3.8, 4) is 0 Å². The number of benzodiazepines with no additional fused rings is 1. The number of amides is 2. The molecular formula is C22H23Cl2N3O3. The van der Waals surface area contributed by atoms with Crippen molar-refractivity contribution in [1.29, 1.82) is 0 Å². The van der Waals surface area contributed by atoms with E-state index in [0.717, 1.165) is 5.56 Å². The summed E-state index contributed by atoms with van der Waals surface area (Å²) in [5.41, 5.74) is 2.10. The van der Waals surface area contributed by atoms with Crippen LogP contribution in [0.4, 0.5) is 10.5 Å². The van der Waals surface area contributed by atoms with Gasteiger partial charge in [-0.2, -0.15) is 0 Å². The highest BCUT2D eigenvalue weighted by Crippen LogP contribution is 2.31. The van der Waals surface area contributed by atoms with Crippen molar-refractivity contribution in [2.45, 2.75) is 26.4 Å². The van der Waals surface area contributed by atoms with Crippen LogP contribution in [0, 0.1) is 0 Å². The number of hydrogen-bond donors (Lipinski definition) is 1. The SMILES string of the molecule is CC(C)(C)OC(=O)NCCN1C(=O)CN=C(c2ccccc2Cl)c2cc(Cl)ccc21. The van der Waals surface area contributed by atoms with Gasteiger partial charge >= 0.3 is 6.09 Å². The smallest absolute Gasteiger partial charge is 0.407 e. The van der Waals surface area contributed by atoms with Gasteiger partial charge < -0.3 is 15.0 Å². The van der Waals surface area contributed by atoms with Gasteiger partial charge in [0.1, 0.15) is 12.1 Å². The second-order valence-electron chi connectivity index (χ2n) is 7.78. The van der Waals surface area contributed by atoms with E-state index in [1.807, 2.05) is 18.2 Å². The number of fused-ring (bicyclic) bond motifs is 1. The van der Waals surface area contributed by atoms with E-state index in [1.165, 1.54) is 0 Å². The van der Waals surface area contributed by atoms with E-state index in [0.29, 0.717) is 27.0 Å². The van der Waals surface area contributed by atoms with Crippen LogP contribution in [-0.4, -0.2) is 42.9 Å². The third-order valence-corrected chi connectivity index (χ3v) is 4.88. The maximum Gasteiger partial charge on any atom is 0.407 e. The van der Waals surface area contributed by atoms with Crippen LogP contribution in [0.2, 0.25) is 10.0 Å². The maximum absolute atomic E-state index is 12.8. The van der Waals surface area contributed by atoms with Gasteiger partial charge in [0.05, 0.1) is 11.4 Å². The highest BCUT2D eigenvalue weighted by molar-refractivity contribution is 6.37. The molecule has 1 aliphatic heterocycles. The number of ether oxygens (including phenoxy) is 1. The number of carbonyl (C=O) groups is 2. The number of alkyl carbamates (subject to hydrolysis) is 1. The fourth-order valence-corrected chi connectivity index (χ4v) is 3.49. The lowest BCUT2D eigenvalue weighted by Gasteiger charge is -2.24. The molecule has 0 saturated heterocycles. The van der Waals surface area contributed by atoms with Crippen molar-refractivity contribution in [3.63, 3.8) is 0 Å². The van der Waals surface area contributed by atoms with Crippen LogP contribution in [0.25, 0.3) is 0 Å². The van der Waals surface area contributed by atoms with E-state index in [9.17, 15) is 9.59 Å². The summed E-state index contributed by atoms with van der Waals surface area (Å²) >= 11 is 12.6. The quantitative estimate of drug-likeness (QED) is 0.737. The first-order chi connectivity index (χ1) is 14.2. The molecule has 1 aliphatic rings. The first-order valence-corrected chi connectivity index (χ1v) is 10.3. The zero-order chi connectivity index (χ0) is 21.9. The van der Waals surface area contributed by atoms with Crippen LogP contribution in [0.15, 0.2) is 47.5 Å². The number of benzene rings is 2. The van der Waals surface area contributed by atoms with Gasteiger partial charge in [-0.25, -0.2) is 4.79 Å². The molecule has 158 valence electrons. The molecule has 8 heteroatoms. The molecule has 1 N–H and O–H groups in total. The predicted molar refractivity (Wildman–Crippen MR) is 120 cm³/mol. The van der Waals surface area contributed by atoms with Gasteiger partial charge in [0.25, 0.3) is 0 Å². The Morgan fingerprint density at radius 2 is 1.90 bits per heavy atom. The molecule has 1 heterocycles. The van der Waals surface area contributed by atoms with Crippen molar-refractivity contribution in [1.82, 2.24) is 5.32 Å². The number of hydrogen-bond acceptors (Lipinski definition) is 4. The Hall–Kier alpha value is -2.57. The first kappa shape index (κ1) is 22.1. The predicted octanol–water partition coefficient (Wildman–Crippen LogP) is 4.70. The van der Waals surface area contributed by atoms with Gasteiger partial charge in [0.2, 0.25) is 5.91 Å². The number of nitrogens with one attached hydrogen (secondary N) is 1. The summed E-state index contributed by atoms with van der Waals surface area (Å²) in [6, 6.07) is 12.6. The summed E-state index contributed by atoms with van der Waals surface area (Å²) in [7, 11) is 0. The number of aliphatic imine (C=N–C) groups is 1. The van der Waals surface area contributed by atoms with Crippen LogP contribution in [0.5, 0.6) is 0 Å². The fraction of sp³-hybridized carbons (Fsp3) is 0.318. The second kappa shape index (κ2) is 9.06. The third kappa shape index (κ3) is 5.32. The van der Waals surface area contributed by atoms with Gasteiger partial charge in [-0.1, -0.05) is 41.4 Å². The Morgan fingerprint density at radius 3 is 2.60 bits per heavy atom. The zero-order valence-corrected chi connectivity index (χ0v) is 18.5. The van der Waals surface area contributed by atoms with E-state index in [4.69, 9.17) is 27.9 Å². The average Bonchev–Trinajstić information content (AvgIpc) is 2.78. The molecule has 2 aromatic carbocycles. The van der Waals surface area contributed by atoms with Crippen LogP contribution in [-0.2, 0) is 9.53 Å². The standard InChI is InChI=1S/C22H23Cl2N3O3/c1-22(2,3)30-21(29)25-10-11-27-18-9-8-14(23)12-16(18)20(26-13-19(27)28)15-6-4-5-7-17(15)24/h4-9,12H,10-11,13H2,1-3H3,(H,25,29). The van der Waals surface area contributed by atoms with Gasteiger partial charge in [0, 0.05) is 34.3 Å². The molecule has 0 unspecified atom stereocenters. The second-order valence-corrected chi connectivity index (χ2v) is 8.62. The molecule has 0 fully saturated rings. The van der Waals surface area contributed by atoms with Gasteiger partial charge in [-0.15, -0.1) is 0 Å². The molecule has 2 amide bonds. The molecule has 2 aromatic rings. The highest BCUT2D eigenvalue weighted by atomic mass is 35.5. The van der Waals surface area contributed by atoms with Crippen LogP contribution in [0.3, 0.4) is 0 Å². The van der Waals surface area contributed by atoms with Crippen molar-refractivity contribution >= 4 is 46.6 Å². The Balaban J connectivity index is 1.88. The lowest BCUT2D eigenvalue weighted by atomic mass is 10.00. The van der Waals surface area contributed by atoms with Crippen molar-refractivity contribution in [3.05, 3.63) is 63.6 Å². The highest BCUT2D eigenvalue weighted by Gasteiger charge is 2.26. The van der Waals surface area contributed by atoms with E-state index >= 15 is 0 Å². The summed E-state index contributed by atoms with van der Waals surface area (Å²) in [5.74, 6) is -0.188. The topological polar surface area (TPSA) is 71.0 Å². The summed E-state index contributed by atoms with van der Waals surface area (Å²) in [6.07, 6.45) is -0.533. The normalized spacial score (nSPS) is 14.0. The molecule has 0 aliphatic carbocycles. The molecule has 6 nitrogen and oxygen atoms in total. The molecule has 30 heavy (non-hydrogen) atoms. The molecule has 0 radical (unpaired) electrons. The van der Waals surface area contributed by atoms with E-state index in [-0.39, 0.29) is 25.5 Å². The molecule has 3 rings (SSSR count). The Labute approximate surface area is 185 Å². The summed E-state index contributed by atoms with van der Waals surface area (Å²) < 4.78 is 5.24. The van der Waals surface area contributed by atoms with Gasteiger partial charge in [0.15, 0.2) is 0 Å². The average molecular weight is 448 g/mol. The zero-order valence-electron chi connectivity index (χ0n) is 17.0. The van der Waals surface area contributed by atoms with Gasteiger partial charge in [-0.3, -0.25) is 9.79 Å². The molecule has 0 saturated carbocycles. The Morgan fingerprint density at radius 1 is 1.17 bits per heavy atom. The lowest BCUT2D eigenvalue weighted by molar-refractivity contribution is -0.117. The molecule has 0 bridgehead atoms. The number of anilines is 1. The number of nitrogens with zero attached hydrogens (tertiary/aromatic N) is 2. The number of rotatable bonds is 4.